The molecule has 4 rings (SSSR count). The zero-order valence-corrected chi connectivity index (χ0v) is 17.7. The molecule has 1 heterocycles. The second-order valence-corrected chi connectivity index (χ2v) is 6.88. The third-order valence-corrected chi connectivity index (χ3v) is 4.78. The molecule has 3 aromatic carbocycles. The number of methoxy groups -OCH3 is 2. The average molecular weight is 426 g/mol. The Kier molecular flexibility index (Phi) is 6.27. The Bertz CT molecular complexity index is 1230. The van der Waals surface area contributed by atoms with Gasteiger partial charge < -0.3 is 20.1 Å². The summed E-state index contributed by atoms with van der Waals surface area (Å²) >= 11 is 0. The molecule has 0 atom stereocenters. The van der Waals surface area contributed by atoms with E-state index in [1.807, 2.05) is 48.5 Å². The molecule has 0 radical (unpaired) electrons. The summed E-state index contributed by atoms with van der Waals surface area (Å²) in [5, 5.41) is 6.12. The first-order chi connectivity index (χ1) is 15.7. The second-order valence-electron chi connectivity index (χ2n) is 6.88. The highest BCUT2D eigenvalue weighted by molar-refractivity contribution is 6.05. The molecule has 1 aromatic heterocycles. The number of anilines is 3. The number of nitrogens with one attached hydrogen (secondary N) is 2. The first-order valence-corrected chi connectivity index (χ1v) is 9.94. The van der Waals surface area contributed by atoms with Gasteiger partial charge in [-0.3, -0.25) is 4.79 Å². The van der Waals surface area contributed by atoms with E-state index in [1.165, 1.54) is 6.33 Å². The van der Waals surface area contributed by atoms with Crippen LogP contribution in [0, 0.1) is 0 Å². The fourth-order valence-electron chi connectivity index (χ4n) is 3.20. The normalized spacial score (nSPS) is 10.3. The fraction of sp³-hybridized carbons (Fsp3) is 0.0800. The molecular formula is C25H22N4O3. The van der Waals surface area contributed by atoms with E-state index in [0.29, 0.717) is 28.6 Å². The number of rotatable bonds is 7. The minimum atomic E-state index is -0.242. The standard InChI is InChI=1S/C25H22N4O3/c1-31-22-12-11-20(14-23(22)32-2)29-25(30)18-9-6-10-19(13-18)28-24-15-21(26-16-27-24)17-7-4-3-5-8-17/h3-16H,1-2H3,(H,29,30)(H,26,27,28). The van der Waals surface area contributed by atoms with Crippen molar-refractivity contribution in [1.82, 2.24) is 9.97 Å². The molecule has 2 N–H and O–H groups in total. The van der Waals surface area contributed by atoms with E-state index in [1.54, 1.807) is 44.6 Å². The maximum Gasteiger partial charge on any atom is 0.255 e. The van der Waals surface area contributed by atoms with Crippen LogP contribution in [-0.2, 0) is 0 Å². The third-order valence-electron chi connectivity index (χ3n) is 4.78. The van der Waals surface area contributed by atoms with Crippen LogP contribution in [0.4, 0.5) is 17.2 Å². The molecule has 0 aliphatic rings. The van der Waals surface area contributed by atoms with Crippen LogP contribution in [-0.4, -0.2) is 30.1 Å². The van der Waals surface area contributed by atoms with Crippen LogP contribution in [0.3, 0.4) is 0 Å². The largest absolute Gasteiger partial charge is 0.493 e. The van der Waals surface area contributed by atoms with Gasteiger partial charge in [-0.15, -0.1) is 0 Å². The molecule has 7 heteroatoms. The van der Waals surface area contributed by atoms with Crippen molar-refractivity contribution < 1.29 is 14.3 Å². The summed E-state index contributed by atoms with van der Waals surface area (Å²) in [7, 11) is 3.12. The number of amides is 1. The first-order valence-electron chi connectivity index (χ1n) is 9.94. The van der Waals surface area contributed by atoms with Crippen molar-refractivity contribution in [3.63, 3.8) is 0 Å². The number of hydrogen-bond acceptors (Lipinski definition) is 6. The van der Waals surface area contributed by atoms with Gasteiger partial charge >= 0.3 is 0 Å². The van der Waals surface area contributed by atoms with Crippen LogP contribution < -0.4 is 20.1 Å². The van der Waals surface area contributed by atoms with Crippen molar-refractivity contribution in [2.75, 3.05) is 24.9 Å². The van der Waals surface area contributed by atoms with Crippen LogP contribution in [0.25, 0.3) is 11.3 Å². The fourth-order valence-corrected chi connectivity index (χ4v) is 3.20. The van der Waals surface area contributed by atoms with Gasteiger partial charge in [-0.05, 0) is 30.3 Å². The predicted molar refractivity (Wildman–Crippen MR) is 125 cm³/mol. The number of hydrogen-bond donors (Lipinski definition) is 2. The van der Waals surface area contributed by atoms with Crippen molar-refractivity contribution in [1.29, 1.82) is 0 Å². The van der Waals surface area contributed by atoms with E-state index in [0.717, 1.165) is 16.9 Å². The van der Waals surface area contributed by atoms with Crippen molar-refractivity contribution >= 4 is 23.1 Å². The molecule has 7 nitrogen and oxygen atoms in total. The van der Waals surface area contributed by atoms with E-state index in [4.69, 9.17) is 9.47 Å². The van der Waals surface area contributed by atoms with Crippen molar-refractivity contribution in [3.05, 3.63) is 90.8 Å². The molecule has 0 aliphatic heterocycles. The minimum Gasteiger partial charge on any atom is -0.493 e. The van der Waals surface area contributed by atoms with E-state index >= 15 is 0 Å². The summed E-state index contributed by atoms with van der Waals surface area (Å²) in [6.45, 7) is 0. The molecular weight excluding hydrogens is 404 g/mol. The lowest BCUT2D eigenvalue weighted by Gasteiger charge is -2.11. The highest BCUT2D eigenvalue weighted by atomic mass is 16.5. The van der Waals surface area contributed by atoms with Gasteiger partial charge in [0.2, 0.25) is 0 Å². The highest BCUT2D eigenvalue weighted by Crippen LogP contribution is 2.30. The van der Waals surface area contributed by atoms with Crippen LogP contribution in [0.5, 0.6) is 11.5 Å². The lowest BCUT2D eigenvalue weighted by atomic mass is 10.1. The van der Waals surface area contributed by atoms with Gasteiger partial charge in [0.1, 0.15) is 12.1 Å². The Morgan fingerprint density at radius 1 is 0.781 bits per heavy atom. The number of benzene rings is 3. The molecule has 0 spiro atoms. The van der Waals surface area contributed by atoms with Crippen LogP contribution >= 0.6 is 0 Å². The average Bonchev–Trinajstić information content (AvgIpc) is 2.85. The lowest BCUT2D eigenvalue weighted by molar-refractivity contribution is 0.102. The first kappa shape index (κ1) is 20.9. The van der Waals surface area contributed by atoms with Crippen LogP contribution in [0.2, 0.25) is 0 Å². The summed E-state index contributed by atoms with van der Waals surface area (Å²) in [6, 6.07) is 24.1. The smallest absolute Gasteiger partial charge is 0.255 e. The topological polar surface area (TPSA) is 85.4 Å². The molecule has 0 fully saturated rings. The molecule has 1 amide bonds. The zero-order chi connectivity index (χ0) is 22.3. The van der Waals surface area contributed by atoms with Gasteiger partial charge in [0, 0.05) is 34.6 Å². The monoisotopic (exact) mass is 426 g/mol. The molecule has 32 heavy (non-hydrogen) atoms. The van der Waals surface area contributed by atoms with E-state index in [-0.39, 0.29) is 5.91 Å². The van der Waals surface area contributed by atoms with Gasteiger partial charge in [-0.25, -0.2) is 9.97 Å². The number of aromatic nitrogens is 2. The van der Waals surface area contributed by atoms with E-state index < -0.39 is 0 Å². The number of ether oxygens (including phenoxy) is 2. The van der Waals surface area contributed by atoms with Gasteiger partial charge in [-0.1, -0.05) is 36.4 Å². The Hall–Kier alpha value is -4.39. The van der Waals surface area contributed by atoms with Crippen molar-refractivity contribution in [2.24, 2.45) is 0 Å². The molecule has 4 aromatic rings. The lowest BCUT2D eigenvalue weighted by Crippen LogP contribution is -2.12. The summed E-state index contributed by atoms with van der Waals surface area (Å²) in [5.74, 6) is 1.53. The molecule has 0 bridgehead atoms. The molecule has 0 unspecified atom stereocenters. The number of nitrogens with zero attached hydrogens (tertiary/aromatic N) is 2. The predicted octanol–water partition coefficient (Wildman–Crippen LogP) is 5.16. The Morgan fingerprint density at radius 2 is 1.59 bits per heavy atom. The maximum atomic E-state index is 12.8. The minimum absolute atomic E-state index is 0.242. The van der Waals surface area contributed by atoms with Crippen molar-refractivity contribution in [2.45, 2.75) is 0 Å². The molecule has 160 valence electrons. The van der Waals surface area contributed by atoms with Crippen LogP contribution in [0.15, 0.2) is 85.2 Å². The zero-order valence-electron chi connectivity index (χ0n) is 17.7. The van der Waals surface area contributed by atoms with Gasteiger partial charge in [-0.2, -0.15) is 0 Å². The number of carbonyl (C=O) groups is 1. The van der Waals surface area contributed by atoms with Crippen molar-refractivity contribution in [3.8, 4) is 22.8 Å². The van der Waals surface area contributed by atoms with E-state index in [2.05, 4.69) is 20.6 Å². The Balaban J connectivity index is 1.50. The van der Waals surface area contributed by atoms with Gasteiger partial charge in [0.15, 0.2) is 11.5 Å². The maximum absolute atomic E-state index is 12.8. The molecule has 0 aliphatic carbocycles. The highest BCUT2D eigenvalue weighted by Gasteiger charge is 2.10. The Morgan fingerprint density at radius 3 is 2.38 bits per heavy atom. The van der Waals surface area contributed by atoms with Gasteiger partial charge in [0.05, 0.1) is 19.9 Å². The summed E-state index contributed by atoms with van der Waals surface area (Å²) in [6.07, 6.45) is 1.51. The number of carbonyl (C=O) groups excluding carboxylic acids is 1. The van der Waals surface area contributed by atoms with Gasteiger partial charge in [0.25, 0.3) is 5.91 Å². The summed E-state index contributed by atoms with van der Waals surface area (Å²) in [4.78, 5) is 21.4. The quantitative estimate of drug-likeness (QED) is 0.425. The summed E-state index contributed by atoms with van der Waals surface area (Å²) < 4.78 is 10.5. The van der Waals surface area contributed by atoms with E-state index in [9.17, 15) is 4.79 Å². The molecule has 0 saturated heterocycles. The summed E-state index contributed by atoms with van der Waals surface area (Å²) in [5.41, 5.74) is 3.66. The van der Waals surface area contributed by atoms with Crippen LogP contribution in [0.1, 0.15) is 10.4 Å². The third kappa shape index (κ3) is 4.84. The molecule has 0 saturated carbocycles. The SMILES string of the molecule is COc1ccc(NC(=O)c2cccc(Nc3cc(-c4ccccc4)ncn3)c2)cc1OC. The Labute approximate surface area is 186 Å². The second kappa shape index (κ2) is 9.61.